The third-order valence-electron chi connectivity index (χ3n) is 5.03. The first-order valence-electron chi connectivity index (χ1n) is 9.90. The van der Waals surface area contributed by atoms with Gasteiger partial charge in [0.1, 0.15) is 5.82 Å². The Morgan fingerprint density at radius 3 is 2.58 bits per heavy atom. The number of nitrogens with zero attached hydrogens (tertiary/aromatic N) is 1. The summed E-state index contributed by atoms with van der Waals surface area (Å²) in [5.74, 6) is -2.38. The van der Waals surface area contributed by atoms with E-state index in [1.807, 2.05) is 30.3 Å². The Labute approximate surface area is 185 Å². The number of carbonyl (C=O) groups is 2. The molecular weight excluding hydrogens is 439 g/mol. The second-order valence-electron chi connectivity index (χ2n) is 7.39. The highest BCUT2D eigenvalue weighted by Crippen LogP contribution is 2.32. The molecule has 1 aromatic heterocycles. The first-order valence-corrected chi connectivity index (χ1v) is 9.90. The number of hydrogen-bond acceptors (Lipinski definition) is 5. The fourth-order valence-corrected chi connectivity index (χ4v) is 3.47. The van der Waals surface area contributed by atoms with E-state index in [2.05, 4.69) is 25.9 Å². The van der Waals surface area contributed by atoms with Crippen LogP contribution in [-0.4, -0.2) is 21.8 Å². The zero-order valence-electron chi connectivity index (χ0n) is 17.0. The van der Waals surface area contributed by atoms with Crippen LogP contribution in [0.5, 0.6) is 0 Å². The monoisotopic (exact) mass is 457 g/mol. The minimum absolute atomic E-state index is 0.0187. The fraction of sp³-hybridized carbons (Fsp3) is 0.182. The first kappa shape index (κ1) is 22.1. The molecule has 1 aliphatic rings. The maximum absolute atomic E-state index is 12.9. The number of hydrogen-bond donors (Lipinski definition) is 4. The molecule has 0 fully saturated rings. The zero-order chi connectivity index (χ0) is 23.6. The molecule has 170 valence electrons. The van der Waals surface area contributed by atoms with Gasteiger partial charge in [-0.2, -0.15) is 18.2 Å². The Kier molecular flexibility index (Phi) is 5.86. The fourth-order valence-electron chi connectivity index (χ4n) is 3.47. The lowest BCUT2D eigenvalue weighted by Gasteiger charge is -2.23. The van der Waals surface area contributed by atoms with Crippen molar-refractivity contribution in [1.82, 2.24) is 15.3 Å². The number of H-pyrrole nitrogens is 1. The summed E-state index contributed by atoms with van der Waals surface area (Å²) in [6.45, 7) is 0.216. The lowest BCUT2D eigenvalue weighted by molar-refractivity contribution is -0.137. The zero-order valence-corrected chi connectivity index (χ0v) is 17.0. The molecule has 8 nitrogen and oxygen atoms in total. The molecule has 0 radical (unpaired) electrons. The number of nitrogens with one attached hydrogen (secondary N) is 4. The van der Waals surface area contributed by atoms with Crippen LogP contribution >= 0.6 is 0 Å². The first-order chi connectivity index (χ1) is 15.7. The summed E-state index contributed by atoms with van der Waals surface area (Å²) in [4.78, 5) is 44.2. The molecular formula is C22H18F3N5O3. The molecule has 0 spiro atoms. The Hall–Kier alpha value is -4.15. The average Bonchev–Trinajstić information content (AvgIpc) is 2.77. The molecule has 3 aromatic rings. The van der Waals surface area contributed by atoms with Gasteiger partial charge in [-0.3, -0.25) is 19.4 Å². The number of anilines is 3. The van der Waals surface area contributed by atoms with Crippen molar-refractivity contribution in [2.75, 3.05) is 10.6 Å². The van der Waals surface area contributed by atoms with Crippen molar-refractivity contribution in [3.8, 4) is 0 Å². The van der Waals surface area contributed by atoms with Gasteiger partial charge in [0, 0.05) is 18.7 Å². The molecule has 4 rings (SSSR count). The number of carbonyl (C=O) groups excluding carboxylic acids is 2. The van der Waals surface area contributed by atoms with Gasteiger partial charge in [0.15, 0.2) is 0 Å². The third kappa shape index (κ3) is 5.03. The van der Waals surface area contributed by atoms with Crippen molar-refractivity contribution < 1.29 is 22.8 Å². The van der Waals surface area contributed by atoms with Crippen molar-refractivity contribution in [2.24, 2.45) is 0 Å². The molecule has 2 amide bonds. The quantitative estimate of drug-likeness (QED) is 0.469. The summed E-state index contributed by atoms with van der Waals surface area (Å²) in [6.07, 6.45) is -4.78. The molecule has 1 unspecified atom stereocenters. The van der Waals surface area contributed by atoms with Crippen LogP contribution in [0, 0.1) is 0 Å². The normalized spacial score (nSPS) is 15.4. The lowest BCUT2D eigenvalue weighted by atomic mass is 9.92. The number of alkyl halides is 3. The Morgan fingerprint density at radius 1 is 1.09 bits per heavy atom. The molecule has 1 aliphatic heterocycles. The van der Waals surface area contributed by atoms with Gasteiger partial charge in [-0.05, 0) is 23.8 Å². The lowest BCUT2D eigenvalue weighted by Crippen LogP contribution is -2.39. The van der Waals surface area contributed by atoms with Crippen molar-refractivity contribution in [3.63, 3.8) is 0 Å². The molecule has 0 saturated heterocycles. The van der Waals surface area contributed by atoms with E-state index in [4.69, 9.17) is 0 Å². The highest BCUT2D eigenvalue weighted by molar-refractivity contribution is 6.00. The highest BCUT2D eigenvalue weighted by Gasteiger charge is 2.35. The summed E-state index contributed by atoms with van der Waals surface area (Å²) in [6, 6.07) is 13.5. The molecule has 11 heteroatoms. The Morgan fingerprint density at radius 2 is 1.85 bits per heavy atom. The smallest absolute Gasteiger partial charge is 0.351 e. The van der Waals surface area contributed by atoms with E-state index in [-0.39, 0.29) is 36.0 Å². The van der Waals surface area contributed by atoms with Crippen molar-refractivity contribution in [3.05, 3.63) is 81.6 Å². The van der Waals surface area contributed by atoms with E-state index in [0.717, 1.165) is 17.7 Å². The van der Waals surface area contributed by atoms with E-state index in [9.17, 15) is 27.6 Å². The molecule has 1 atom stereocenters. The molecule has 33 heavy (non-hydrogen) atoms. The van der Waals surface area contributed by atoms with Crippen LogP contribution in [0.3, 0.4) is 0 Å². The molecule has 2 aromatic carbocycles. The summed E-state index contributed by atoms with van der Waals surface area (Å²) in [7, 11) is 0. The number of amides is 2. The summed E-state index contributed by atoms with van der Waals surface area (Å²) >= 11 is 0. The van der Waals surface area contributed by atoms with Crippen LogP contribution < -0.4 is 21.5 Å². The SMILES string of the molecule is O=C1CC(C(=O)NCc2ccccc2)c2c(nc(Nc3cccc(C(F)(F)F)c3)[nH]c2=O)N1. The number of halogens is 3. The molecule has 0 bridgehead atoms. The van der Waals surface area contributed by atoms with Gasteiger partial charge in [0.25, 0.3) is 5.56 Å². The maximum atomic E-state index is 12.9. The van der Waals surface area contributed by atoms with Crippen molar-refractivity contribution >= 4 is 29.3 Å². The van der Waals surface area contributed by atoms with Crippen molar-refractivity contribution in [1.29, 1.82) is 0 Å². The average molecular weight is 457 g/mol. The standard InChI is InChI=1S/C22H18F3N5O3/c23-22(24,25)13-7-4-8-14(9-13)27-21-29-18-17(20(33)30-21)15(10-16(31)28-18)19(32)26-11-12-5-2-1-3-6-12/h1-9,15H,10-11H2,(H,26,32)(H3,27,28,29,30,31,33). The van der Waals surface area contributed by atoms with Crippen LogP contribution in [0.25, 0.3) is 0 Å². The van der Waals surface area contributed by atoms with Gasteiger partial charge >= 0.3 is 6.18 Å². The summed E-state index contributed by atoms with van der Waals surface area (Å²) in [5.41, 5.74) is -0.702. The summed E-state index contributed by atoms with van der Waals surface area (Å²) in [5, 5.41) is 7.76. The minimum atomic E-state index is -4.54. The van der Waals surface area contributed by atoms with Gasteiger partial charge in [-0.25, -0.2) is 0 Å². The predicted octanol–water partition coefficient (Wildman–Crippen LogP) is 3.27. The van der Waals surface area contributed by atoms with E-state index in [1.54, 1.807) is 0 Å². The van der Waals surface area contributed by atoms with Gasteiger partial charge in [0.2, 0.25) is 17.8 Å². The van der Waals surface area contributed by atoms with Crippen LogP contribution in [0.4, 0.5) is 30.6 Å². The van der Waals surface area contributed by atoms with E-state index < -0.39 is 35.0 Å². The molecule has 0 aliphatic carbocycles. The number of fused-ring (bicyclic) bond motifs is 1. The number of rotatable bonds is 5. The van der Waals surface area contributed by atoms with Crippen molar-refractivity contribution in [2.45, 2.75) is 25.1 Å². The highest BCUT2D eigenvalue weighted by atomic mass is 19.4. The number of aromatic nitrogens is 2. The van der Waals surface area contributed by atoms with Crippen LogP contribution in [0.1, 0.15) is 29.0 Å². The maximum Gasteiger partial charge on any atom is 0.416 e. The van der Waals surface area contributed by atoms with Crippen LogP contribution in [0.2, 0.25) is 0 Å². The number of aromatic amines is 1. The minimum Gasteiger partial charge on any atom is -0.351 e. The topological polar surface area (TPSA) is 116 Å². The summed E-state index contributed by atoms with van der Waals surface area (Å²) < 4.78 is 38.8. The van der Waals surface area contributed by atoms with E-state index in [0.29, 0.717) is 0 Å². The van der Waals surface area contributed by atoms with Crippen LogP contribution in [0.15, 0.2) is 59.4 Å². The largest absolute Gasteiger partial charge is 0.416 e. The predicted molar refractivity (Wildman–Crippen MR) is 114 cm³/mol. The third-order valence-corrected chi connectivity index (χ3v) is 5.03. The molecule has 4 N–H and O–H groups in total. The van der Waals surface area contributed by atoms with Gasteiger partial charge < -0.3 is 16.0 Å². The van der Waals surface area contributed by atoms with E-state index in [1.165, 1.54) is 12.1 Å². The van der Waals surface area contributed by atoms with Gasteiger partial charge in [-0.15, -0.1) is 0 Å². The number of benzene rings is 2. The van der Waals surface area contributed by atoms with Gasteiger partial charge in [0.05, 0.1) is 17.0 Å². The second-order valence-corrected chi connectivity index (χ2v) is 7.39. The molecule has 0 saturated carbocycles. The van der Waals surface area contributed by atoms with Gasteiger partial charge in [-0.1, -0.05) is 36.4 Å². The Bertz CT molecular complexity index is 1260. The molecule has 2 heterocycles. The van der Waals surface area contributed by atoms with E-state index >= 15 is 0 Å². The Balaban J connectivity index is 1.58. The van der Waals surface area contributed by atoms with Crippen LogP contribution in [-0.2, 0) is 22.3 Å². The second kappa shape index (κ2) is 8.77.